The van der Waals surface area contributed by atoms with Crippen LogP contribution in [0.4, 0.5) is 0 Å². The van der Waals surface area contributed by atoms with Crippen molar-refractivity contribution < 1.29 is 9.94 Å². The zero-order valence-corrected chi connectivity index (χ0v) is 13.8. The zero-order chi connectivity index (χ0) is 15.2. The zero-order valence-electron chi connectivity index (χ0n) is 11.4. The first-order valence-electron chi connectivity index (χ1n) is 6.17. The van der Waals surface area contributed by atoms with Crippen molar-refractivity contribution in [2.24, 2.45) is 10.9 Å². The van der Waals surface area contributed by atoms with Crippen molar-refractivity contribution in [1.29, 1.82) is 0 Å². The Bertz CT molecular complexity index is 645. The summed E-state index contributed by atoms with van der Waals surface area (Å²) < 4.78 is 6.28. The summed E-state index contributed by atoms with van der Waals surface area (Å²) in [5.41, 5.74) is 7.34. The molecule has 0 aliphatic carbocycles. The molecule has 0 aliphatic heterocycles. The number of ether oxygens (including phenoxy) is 1. The largest absolute Gasteiger partial charge is 0.496 e. The van der Waals surface area contributed by atoms with E-state index in [-0.39, 0.29) is 5.84 Å². The van der Waals surface area contributed by atoms with Gasteiger partial charge in [-0.15, -0.1) is 11.8 Å². The smallest absolute Gasteiger partial charge is 0.173 e. The molecule has 2 aromatic carbocycles. The van der Waals surface area contributed by atoms with E-state index in [9.17, 15) is 0 Å². The Kier molecular flexibility index (Phi) is 5.52. The third-order valence-electron chi connectivity index (χ3n) is 2.87. The number of benzene rings is 2. The third kappa shape index (κ3) is 4.15. The average molecular weight is 367 g/mol. The number of nitrogens with two attached hydrogens (primary N) is 1. The summed E-state index contributed by atoms with van der Waals surface area (Å²) in [5, 5.41) is 11.9. The number of hydrogen-bond donors (Lipinski definition) is 2. The van der Waals surface area contributed by atoms with Gasteiger partial charge in [0, 0.05) is 15.1 Å². The van der Waals surface area contributed by atoms with E-state index >= 15 is 0 Å². The van der Waals surface area contributed by atoms with Gasteiger partial charge in [0.25, 0.3) is 0 Å². The van der Waals surface area contributed by atoms with E-state index in [1.165, 1.54) is 4.90 Å². The molecular formula is C15H15BrN2O2S. The summed E-state index contributed by atoms with van der Waals surface area (Å²) in [6.45, 7) is 0. The number of methoxy groups -OCH3 is 1. The maximum Gasteiger partial charge on any atom is 0.173 e. The van der Waals surface area contributed by atoms with E-state index in [2.05, 4.69) is 33.2 Å². The molecule has 0 saturated heterocycles. The molecule has 110 valence electrons. The molecular weight excluding hydrogens is 352 g/mol. The number of nitrogens with zero attached hydrogens (tertiary/aromatic N) is 1. The van der Waals surface area contributed by atoms with Gasteiger partial charge >= 0.3 is 0 Å². The molecule has 4 nitrogen and oxygen atoms in total. The number of oxime groups is 1. The average Bonchev–Trinajstić information content (AvgIpc) is 2.53. The highest BCUT2D eigenvalue weighted by Crippen LogP contribution is 2.27. The molecule has 2 rings (SSSR count). The SMILES string of the molecule is COc1ccc(CSc2ccc(Br)cc2)cc1C(N)=NO. The molecule has 0 atom stereocenters. The monoisotopic (exact) mass is 366 g/mol. The quantitative estimate of drug-likeness (QED) is 0.277. The van der Waals surface area contributed by atoms with Crippen molar-refractivity contribution in [2.45, 2.75) is 10.6 Å². The summed E-state index contributed by atoms with van der Waals surface area (Å²) in [4.78, 5) is 1.18. The fourth-order valence-corrected chi connectivity index (χ4v) is 2.90. The highest BCUT2D eigenvalue weighted by atomic mass is 79.9. The van der Waals surface area contributed by atoms with E-state index in [4.69, 9.17) is 15.7 Å². The van der Waals surface area contributed by atoms with E-state index in [1.807, 2.05) is 30.3 Å². The Morgan fingerprint density at radius 1 is 1.29 bits per heavy atom. The number of thioether (sulfide) groups is 1. The van der Waals surface area contributed by atoms with Gasteiger partial charge in [0.1, 0.15) is 5.75 Å². The molecule has 0 bridgehead atoms. The highest BCUT2D eigenvalue weighted by Gasteiger charge is 2.09. The Hall–Kier alpha value is -1.66. The maximum absolute atomic E-state index is 8.83. The maximum atomic E-state index is 8.83. The molecule has 0 spiro atoms. The summed E-state index contributed by atoms with van der Waals surface area (Å²) in [7, 11) is 1.56. The fraction of sp³-hybridized carbons (Fsp3) is 0.133. The molecule has 0 amide bonds. The molecule has 0 aromatic heterocycles. The molecule has 3 N–H and O–H groups in total. The summed E-state index contributed by atoms with van der Waals surface area (Å²) in [6.07, 6.45) is 0. The predicted molar refractivity (Wildman–Crippen MR) is 89.2 cm³/mol. The second-order valence-corrected chi connectivity index (χ2v) is 6.23. The Labute approximate surface area is 136 Å². The van der Waals surface area contributed by atoms with E-state index in [1.54, 1.807) is 18.9 Å². The van der Waals surface area contributed by atoms with Crippen LogP contribution >= 0.6 is 27.7 Å². The van der Waals surface area contributed by atoms with Crippen LogP contribution in [-0.2, 0) is 5.75 Å². The van der Waals surface area contributed by atoms with E-state index in [0.29, 0.717) is 11.3 Å². The third-order valence-corrected chi connectivity index (χ3v) is 4.48. The lowest BCUT2D eigenvalue weighted by atomic mass is 10.1. The van der Waals surface area contributed by atoms with Crippen molar-refractivity contribution in [3.63, 3.8) is 0 Å². The summed E-state index contributed by atoms with van der Waals surface area (Å²) in [5.74, 6) is 1.42. The van der Waals surface area contributed by atoms with Crippen LogP contribution in [0.25, 0.3) is 0 Å². The van der Waals surface area contributed by atoms with E-state index < -0.39 is 0 Å². The van der Waals surface area contributed by atoms with Crippen molar-refractivity contribution >= 4 is 33.5 Å². The van der Waals surface area contributed by atoms with Gasteiger partial charge in [-0.05, 0) is 42.0 Å². The lowest BCUT2D eigenvalue weighted by Crippen LogP contribution is -2.14. The molecule has 0 saturated carbocycles. The normalized spacial score (nSPS) is 11.4. The Morgan fingerprint density at radius 2 is 2.00 bits per heavy atom. The van der Waals surface area contributed by atoms with Crippen LogP contribution in [0.1, 0.15) is 11.1 Å². The molecule has 0 aliphatic rings. The lowest BCUT2D eigenvalue weighted by Gasteiger charge is -2.09. The molecule has 0 fully saturated rings. The van der Waals surface area contributed by atoms with Crippen LogP contribution in [0.2, 0.25) is 0 Å². The van der Waals surface area contributed by atoms with Gasteiger partial charge in [0.05, 0.1) is 12.7 Å². The predicted octanol–water partition coefficient (Wildman–Crippen LogP) is 3.84. The minimum atomic E-state index is 0.0438. The van der Waals surface area contributed by atoms with Crippen LogP contribution in [0.15, 0.2) is 57.0 Å². The Balaban J connectivity index is 2.15. The van der Waals surface area contributed by atoms with Gasteiger partial charge in [-0.3, -0.25) is 0 Å². The minimum absolute atomic E-state index is 0.0438. The molecule has 0 heterocycles. The van der Waals surface area contributed by atoms with Crippen molar-refractivity contribution in [3.8, 4) is 5.75 Å². The van der Waals surface area contributed by atoms with Crippen LogP contribution in [0.3, 0.4) is 0 Å². The molecule has 0 unspecified atom stereocenters. The first kappa shape index (κ1) is 15.7. The fourth-order valence-electron chi connectivity index (χ4n) is 1.80. The van der Waals surface area contributed by atoms with Gasteiger partial charge in [-0.2, -0.15) is 0 Å². The second-order valence-electron chi connectivity index (χ2n) is 4.26. The van der Waals surface area contributed by atoms with Crippen molar-refractivity contribution in [2.75, 3.05) is 7.11 Å². The van der Waals surface area contributed by atoms with Gasteiger partial charge in [0.2, 0.25) is 0 Å². The van der Waals surface area contributed by atoms with Gasteiger partial charge in [-0.1, -0.05) is 27.2 Å². The number of rotatable bonds is 5. The van der Waals surface area contributed by atoms with Gasteiger partial charge < -0.3 is 15.7 Å². The topological polar surface area (TPSA) is 67.8 Å². The minimum Gasteiger partial charge on any atom is -0.496 e. The van der Waals surface area contributed by atoms with Crippen molar-refractivity contribution in [3.05, 3.63) is 58.1 Å². The molecule has 6 heteroatoms. The first-order valence-corrected chi connectivity index (χ1v) is 7.95. The second kappa shape index (κ2) is 7.38. The van der Waals surface area contributed by atoms with Gasteiger partial charge in [-0.25, -0.2) is 0 Å². The van der Waals surface area contributed by atoms with Gasteiger partial charge in [0.15, 0.2) is 5.84 Å². The van der Waals surface area contributed by atoms with E-state index in [0.717, 1.165) is 15.8 Å². The number of halogens is 1. The Morgan fingerprint density at radius 3 is 2.62 bits per heavy atom. The first-order chi connectivity index (χ1) is 10.1. The summed E-state index contributed by atoms with van der Waals surface area (Å²) >= 11 is 5.14. The number of hydrogen-bond acceptors (Lipinski definition) is 4. The molecule has 2 aromatic rings. The molecule has 21 heavy (non-hydrogen) atoms. The summed E-state index contributed by atoms with van der Waals surface area (Å²) in [6, 6.07) is 13.8. The van der Waals surface area contributed by atoms with Crippen LogP contribution in [-0.4, -0.2) is 18.2 Å². The molecule has 0 radical (unpaired) electrons. The highest BCUT2D eigenvalue weighted by molar-refractivity contribution is 9.10. The van der Waals surface area contributed by atoms with Crippen LogP contribution in [0, 0.1) is 0 Å². The standard InChI is InChI=1S/C15H15BrN2O2S/c1-20-14-7-2-10(8-13(14)15(17)18-19)9-21-12-5-3-11(16)4-6-12/h2-8,19H,9H2,1H3,(H2,17,18). The van der Waals surface area contributed by atoms with Crippen LogP contribution < -0.4 is 10.5 Å². The van der Waals surface area contributed by atoms with Crippen LogP contribution in [0.5, 0.6) is 5.75 Å². The number of amidine groups is 1. The van der Waals surface area contributed by atoms with Crippen molar-refractivity contribution in [1.82, 2.24) is 0 Å². The lowest BCUT2D eigenvalue weighted by molar-refractivity contribution is 0.318.